The van der Waals surface area contributed by atoms with Crippen molar-refractivity contribution in [2.45, 2.75) is 59.2 Å². The van der Waals surface area contributed by atoms with Gasteiger partial charge in [0.2, 0.25) is 0 Å². The highest BCUT2D eigenvalue weighted by Crippen LogP contribution is 2.23. The molecule has 0 bridgehead atoms. The smallest absolute Gasteiger partial charge is 0.293 e. The molecule has 0 spiro atoms. The predicted molar refractivity (Wildman–Crippen MR) is 77.3 cm³/mol. The van der Waals surface area contributed by atoms with E-state index in [1.165, 1.54) is 0 Å². The second-order valence-electron chi connectivity index (χ2n) is 6.44. The maximum atomic E-state index is 12.3. The molecule has 0 aliphatic carbocycles. The largest absolute Gasteiger partial charge is 0.388 e. The molecule has 1 rings (SSSR count). The normalized spacial score (nSPS) is 12.8. The summed E-state index contributed by atoms with van der Waals surface area (Å²) in [4.78, 5) is 16.4. The van der Waals surface area contributed by atoms with Crippen molar-refractivity contribution in [3.8, 4) is 0 Å². The Labute approximate surface area is 114 Å². The molecule has 0 amide bonds. The van der Waals surface area contributed by atoms with Crippen molar-refractivity contribution in [3.05, 3.63) is 22.7 Å². The van der Waals surface area contributed by atoms with Gasteiger partial charge in [-0.05, 0) is 33.6 Å². The van der Waals surface area contributed by atoms with Crippen LogP contribution in [0.5, 0.6) is 0 Å². The van der Waals surface area contributed by atoms with Crippen LogP contribution in [0.2, 0.25) is 0 Å². The fourth-order valence-corrected chi connectivity index (χ4v) is 1.52. The van der Waals surface area contributed by atoms with Crippen LogP contribution in [-0.4, -0.2) is 25.8 Å². The summed E-state index contributed by atoms with van der Waals surface area (Å²) in [6.07, 6.45) is 3.29. The summed E-state index contributed by atoms with van der Waals surface area (Å²) < 4.78 is 1.64. The molecule has 0 fully saturated rings. The summed E-state index contributed by atoms with van der Waals surface area (Å²) in [5.74, 6) is 0.658. The van der Waals surface area contributed by atoms with Crippen LogP contribution >= 0.6 is 0 Å². The summed E-state index contributed by atoms with van der Waals surface area (Å²) in [5.41, 5.74) is -1.79. The van der Waals surface area contributed by atoms with Crippen LogP contribution in [0.3, 0.4) is 0 Å². The fraction of sp³-hybridized carbons (Fsp3) is 0.714. The van der Waals surface area contributed by atoms with Gasteiger partial charge in [-0.25, -0.2) is 4.98 Å². The third-order valence-corrected chi connectivity index (χ3v) is 3.44. The van der Waals surface area contributed by atoms with Gasteiger partial charge in [-0.2, -0.15) is 0 Å². The van der Waals surface area contributed by atoms with E-state index in [-0.39, 0.29) is 11.4 Å². The molecule has 2 N–H and O–H groups in total. The molecule has 0 aromatic carbocycles. The highest BCUT2D eigenvalue weighted by molar-refractivity contribution is 5.35. The number of anilines is 1. The van der Waals surface area contributed by atoms with Gasteiger partial charge in [-0.15, -0.1) is 0 Å². The average Bonchev–Trinajstić information content (AvgIpc) is 2.21. The number of hydrogen-bond acceptors (Lipinski definition) is 4. The number of nitrogens with zero attached hydrogens (tertiary/aromatic N) is 2. The van der Waals surface area contributed by atoms with E-state index in [2.05, 4.69) is 24.1 Å². The second-order valence-corrected chi connectivity index (χ2v) is 6.44. The van der Waals surface area contributed by atoms with Gasteiger partial charge in [0.25, 0.3) is 5.56 Å². The summed E-state index contributed by atoms with van der Waals surface area (Å²) in [6, 6.07) is 0. The molecule has 0 unspecified atom stereocenters. The van der Waals surface area contributed by atoms with Crippen LogP contribution in [0, 0.1) is 5.92 Å². The lowest BCUT2D eigenvalue weighted by Crippen LogP contribution is -2.52. The molecule has 1 aromatic rings. The van der Waals surface area contributed by atoms with E-state index < -0.39 is 11.1 Å². The summed E-state index contributed by atoms with van der Waals surface area (Å²) in [5, 5.41) is 13.2. The Morgan fingerprint density at radius 1 is 1.37 bits per heavy atom. The molecule has 19 heavy (non-hydrogen) atoms. The molecule has 5 heteroatoms. The summed E-state index contributed by atoms with van der Waals surface area (Å²) in [6.45, 7) is 11.9. The first-order valence-electron chi connectivity index (χ1n) is 6.60. The van der Waals surface area contributed by atoms with E-state index in [1.807, 2.05) is 13.8 Å². The number of nitrogens with one attached hydrogen (secondary N) is 1. The Bertz CT molecular complexity index is 484. The minimum Gasteiger partial charge on any atom is -0.388 e. The van der Waals surface area contributed by atoms with Crippen molar-refractivity contribution in [2.24, 2.45) is 5.92 Å². The third kappa shape index (κ3) is 3.80. The van der Waals surface area contributed by atoms with E-state index in [1.54, 1.807) is 30.8 Å². The quantitative estimate of drug-likeness (QED) is 0.854. The minimum atomic E-state index is -0.972. The van der Waals surface area contributed by atoms with Crippen molar-refractivity contribution in [2.75, 3.05) is 5.32 Å². The molecule has 0 radical (unpaired) electrons. The van der Waals surface area contributed by atoms with E-state index in [4.69, 9.17) is 0 Å². The first-order valence-corrected chi connectivity index (χ1v) is 6.60. The van der Waals surface area contributed by atoms with Crippen LogP contribution in [0.25, 0.3) is 0 Å². The van der Waals surface area contributed by atoms with Gasteiger partial charge in [-0.1, -0.05) is 13.8 Å². The third-order valence-electron chi connectivity index (χ3n) is 3.44. The van der Waals surface area contributed by atoms with Gasteiger partial charge in [0.1, 0.15) is 0 Å². The molecule has 1 heterocycles. The second kappa shape index (κ2) is 5.33. The molecule has 0 saturated heterocycles. The van der Waals surface area contributed by atoms with Crippen molar-refractivity contribution in [3.63, 3.8) is 0 Å². The number of hydrogen-bond donors (Lipinski definition) is 2. The predicted octanol–water partition coefficient (Wildman–Crippen LogP) is 1.86. The van der Waals surface area contributed by atoms with Gasteiger partial charge < -0.3 is 15.0 Å². The molecule has 0 aliphatic rings. The number of aliphatic hydroxyl groups is 1. The van der Waals surface area contributed by atoms with E-state index >= 15 is 0 Å². The first kappa shape index (κ1) is 15.7. The molecule has 5 nitrogen and oxygen atoms in total. The molecule has 108 valence electrons. The maximum Gasteiger partial charge on any atom is 0.293 e. The van der Waals surface area contributed by atoms with Crippen molar-refractivity contribution < 1.29 is 5.11 Å². The molecule has 0 aliphatic heterocycles. The highest BCUT2D eigenvalue weighted by Gasteiger charge is 2.35. The van der Waals surface area contributed by atoms with E-state index in [0.717, 1.165) is 0 Å². The van der Waals surface area contributed by atoms with Crippen molar-refractivity contribution >= 4 is 5.82 Å². The number of rotatable bonds is 5. The van der Waals surface area contributed by atoms with Crippen LogP contribution in [0.15, 0.2) is 17.2 Å². The molecule has 0 saturated carbocycles. The monoisotopic (exact) mass is 267 g/mol. The minimum absolute atomic E-state index is 0.159. The van der Waals surface area contributed by atoms with Crippen molar-refractivity contribution in [1.29, 1.82) is 0 Å². The van der Waals surface area contributed by atoms with Gasteiger partial charge in [0.05, 0.1) is 11.1 Å². The van der Waals surface area contributed by atoms with E-state index in [0.29, 0.717) is 12.5 Å². The Morgan fingerprint density at radius 2 is 1.95 bits per heavy atom. The maximum absolute atomic E-state index is 12.3. The SMILES string of the molecule is CC(C)Cn1ccnc(NC(C)(C)C(C)(C)O)c1=O. The Morgan fingerprint density at radius 3 is 2.42 bits per heavy atom. The fourth-order valence-electron chi connectivity index (χ4n) is 1.52. The Hall–Kier alpha value is -1.36. The molecule has 0 atom stereocenters. The van der Waals surface area contributed by atoms with Crippen LogP contribution in [0.4, 0.5) is 5.82 Å². The van der Waals surface area contributed by atoms with Gasteiger partial charge in [-0.3, -0.25) is 4.79 Å². The lowest BCUT2D eigenvalue weighted by atomic mass is 9.86. The Balaban J connectivity index is 3.07. The standard InChI is InChI=1S/C14H25N3O2/c1-10(2)9-17-8-7-15-11(12(17)18)16-13(3,4)14(5,6)19/h7-8,10,19H,9H2,1-6H3,(H,15,16). The van der Waals surface area contributed by atoms with Crippen LogP contribution < -0.4 is 10.9 Å². The van der Waals surface area contributed by atoms with Crippen molar-refractivity contribution in [1.82, 2.24) is 9.55 Å². The molecular weight excluding hydrogens is 242 g/mol. The average molecular weight is 267 g/mol. The zero-order valence-electron chi connectivity index (χ0n) is 12.7. The summed E-state index contributed by atoms with van der Waals surface area (Å²) >= 11 is 0. The van der Waals surface area contributed by atoms with Gasteiger partial charge >= 0.3 is 0 Å². The van der Waals surface area contributed by atoms with Gasteiger partial charge in [0, 0.05) is 18.9 Å². The lowest BCUT2D eigenvalue weighted by Gasteiger charge is -2.38. The highest BCUT2D eigenvalue weighted by atomic mass is 16.3. The van der Waals surface area contributed by atoms with Crippen LogP contribution in [0.1, 0.15) is 41.5 Å². The zero-order valence-corrected chi connectivity index (χ0v) is 12.7. The van der Waals surface area contributed by atoms with Gasteiger partial charge in [0.15, 0.2) is 5.82 Å². The molecular formula is C14H25N3O2. The van der Waals surface area contributed by atoms with E-state index in [9.17, 15) is 9.90 Å². The lowest BCUT2D eigenvalue weighted by molar-refractivity contribution is 0.0238. The number of aromatic nitrogens is 2. The Kier molecular flexibility index (Phi) is 4.40. The first-order chi connectivity index (χ1) is 8.54. The topological polar surface area (TPSA) is 67.2 Å². The summed E-state index contributed by atoms with van der Waals surface area (Å²) in [7, 11) is 0. The zero-order chi connectivity index (χ0) is 14.8. The molecule has 1 aromatic heterocycles. The van der Waals surface area contributed by atoms with Crippen LogP contribution in [-0.2, 0) is 6.54 Å².